The minimum Gasteiger partial charge on any atom is -0.399 e. The molecule has 76 valence electrons. The summed E-state index contributed by atoms with van der Waals surface area (Å²) in [5.74, 6) is 0. The van der Waals surface area contributed by atoms with Crippen molar-refractivity contribution in [2.75, 3.05) is 12.0 Å². The summed E-state index contributed by atoms with van der Waals surface area (Å²) in [5.41, 5.74) is 8.93. The molecule has 0 saturated heterocycles. The monoisotopic (exact) mass is 215 g/mol. The van der Waals surface area contributed by atoms with Gasteiger partial charge in [0.1, 0.15) is 0 Å². The molecule has 0 unspecified atom stereocenters. The molecule has 2 rings (SSSR count). The third kappa shape index (κ3) is 2.34. The van der Waals surface area contributed by atoms with E-state index in [2.05, 4.69) is 36.6 Å². The second-order valence-electron chi connectivity index (χ2n) is 3.35. The van der Waals surface area contributed by atoms with Gasteiger partial charge in [-0.05, 0) is 41.6 Å². The van der Waals surface area contributed by atoms with E-state index >= 15 is 0 Å². The summed E-state index contributed by atoms with van der Waals surface area (Å²) >= 11 is 1.75. The fourth-order valence-corrected chi connectivity index (χ4v) is 1.91. The van der Waals surface area contributed by atoms with E-state index in [1.54, 1.807) is 11.8 Å². The number of anilines is 1. The molecule has 0 radical (unpaired) electrons. The molecule has 2 aromatic rings. The van der Waals surface area contributed by atoms with E-state index in [0.29, 0.717) is 0 Å². The molecular formula is C13H13NS. The zero-order valence-electron chi connectivity index (χ0n) is 8.60. The maximum atomic E-state index is 5.75. The van der Waals surface area contributed by atoms with Gasteiger partial charge in [-0.25, -0.2) is 0 Å². The first-order chi connectivity index (χ1) is 7.29. The van der Waals surface area contributed by atoms with Crippen LogP contribution in [0.25, 0.3) is 11.1 Å². The minimum atomic E-state index is 0.807. The van der Waals surface area contributed by atoms with E-state index in [0.717, 1.165) is 5.69 Å². The van der Waals surface area contributed by atoms with Crippen LogP contribution in [-0.2, 0) is 0 Å². The van der Waals surface area contributed by atoms with Crippen molar-refractivity contribution in [3.8, 4) is 11.1 Å². The molecule has 0 spiro atoms. The Balaban J connectivity index is 2.37. The second kappa shape index (κ2) is 4.41. The zero-order valence-corrected chi connectivity index (χ0v) is 9.42. The highest BCUT2D eigenvalue weighted by Gasteiger charge is 1.97. The van der Waals surface area contributed by atoms with Crippen molar-refractivity contribution in [3.05, 3.63) is 48.5 Å². The minimum absolute atomic E-state index is 0.807. The van der Waals surface area contributed by atoms with Crippen LogP contribution in [0.5, 0.6) is 0 Å². The van der Waals surface area contributed by atoms with Crippen LogP contribution < -0.4 is 5.73 Å². The first-order valence-electron chi connectivity index (χ1n) is 4.79. The number of rotatable bonds is 2. The maximum absolute atomic E-state index is 5.75. The van der Waals surface area contributed by atoms with E-state index in [1.807, 2.05) is 18.2 Å². The summed E-state index contributed by atoms with van der Waals surface area (Å²) in [6, 6.07) is 16.5. The third-order valence-corrected chi connectivity index (χ3v) is 3.05. The molecular weight excluding hydrogens is 202 g/mol. The van der Waals surface area contributed by atoms with Gasteiger partial charge in [0, 0.05) is 10.6 Å². The molecule has 0 atom stereocenters. The Morgan fingerprint density at radius 2 is 1.67 bits per heavy atom. The molecule has 0 bridgehead atoms. The predicted octanol–water partition coefficient (Wildman–Crippen LogP) is 3.66. The summed E-state index contributed by atoms with van der Waals surface area (Å²) in [5, 5.41) is 0. The molecule has 0 amide bonds. The second-order valence-corrected chi connectivity index (χ2v) is 4.23. The molecule has 0 aliphatic carbocycles. The van der Waals surface area contributed by atoms with Gasteiger partial charge in [0.15, 0.2) is 0 Å². The Kier molecular flexibility index (Phi) is 2.97. The number of nitrogen functional groups attached to an aromatic ring is 1. The summed E-state index contributed by atoms with van der Waals surface area (Å²) in [6.07, 6.45) is 2.08. The first-order valence-corrected chi connectivity index (χ1v) is 6.02. The Labute approximate surface area is 94.3 Å². The van der Waals surface area contributed by atoms with Gasteiger partial charge >= 0.3 is 0 Å². The average Bonchev–Trinajstić information content (AvgIpc) is 2.29. The van der Waals surface area contributed by atoms with Crippen molar-refractivity contribution >= 4 is 17.4 Å². The number of hydrogen-bond acceptors (Lipinski definition) is 2. The molecule has 0 aliphatic heterocycles. The highest BCUT2D eigenvalue weighted by atomic mass is 32.2. The maximum Gasteiger partial charge on any atom is 0.0320 e. The van der Waals surface area contributed by atoms with Crippen LogP contribution in [0.15, 0.2) is 53.4 Å². The summed E-state index contributed by atoms with van der Waals surface area (Å²) < 4.78 is 0. The molecule has 0 saturated carbocycles. The van der Waals surface area contributed by atoms with Gasteiger partial charge in [-0.1, -0.05) is 24.3 Å². The van der Waals surface area contributed by atoms with E-state index in [4.69, 9.17) is 5.73 Å². The smallest absolute Gasteiger partial charge is 0.0320 e. The van der Waals surface area contributed by atoms with Gasteiger partial charge in [0.2, 0.25) is 0 Å². The number of nitrogens with two attached hydrogens (primary N) is 1. The highest BCUT2D eigenvalue weighted by molar-refractivity contribution is 7.98. The standard InChI is InChI=1S/C13H13NS/c1-15-13-7-5-10(6-8-13)11-3-2-4-12(14)9-11/h2-9H,14H2,1H3. The van der Waals surface area contributed by atoms with Crippen molar-refractivity contribution in [2.24, 2.45) is 0 Å². The molecule has 2 N–H and O–H groups in total. The molecule has 15 heavy (non-hydrogen) atoms. The quantitative estimate of drug-likeness (QED) is 0.611. The normalized spacial score (nSPS) is 10.2. The molecule has 2 aromatic carbocycles. The highest BCUT2D eigenvalue weighted by Crippen LogP contribution is 2.24. The van der Waals surface area contributed by atoms with Gasteiger partial charge in [-0.2, -0.15) is 0 Å². The van der Waals surface area contributed by atoms with Gasteiger partial charge in [0.25, 0.3) is 0 Å². The number of benzene rings is 2. The number of hydrogen-bond donors (Lipinski definition) is 1. The molecule has 0 aromatic heterocycles. The predicted molar refractivity (Wildman–Crippen MR) is 68.1 cm³/mol. The summed E-state index contributed by atoms with van der Waals surface area (Å²) in [7, 11) is 0. The third-order valence-electron chi connectivity index (χ3n) is 2.31. The summed E-state index contributed by atoms with van der Waals surface area (Å²) in [6.45, 7) is 0. The van der Waals surface area contributed by atoms with Crippen LogP contribution >= 0.6 is 11.8 Å². The van der Waals surface area contributed by atoms with E-state index < -0.39 is 0 Å². The number of thioether (sulfide) groups is 1. The Morgan fingerprint density at radius 3 is 2.27 bits per heavy atom. The Hall–Kier alpha value is -1.41. The van der Waals surface area contributed by atoms with Gasteiger partial charge in [0.05, 0.1) is 0 Å². The lowest BCUT2D eigenvalue weighted by atomic mass is 10.1. The Bertz CT molecular complexity index is 448. The van der Waals surface area contributed by atoms with Crippen LogP contribution in [0.4, 0.5) is 5.69 Å². The Morgan fingerprint density at radius 1 is 0.933 bits per heavy atom. The SMILES string of the molecule is CSc1ccc(-c2cccc(N)c2)cc1. The van der Waals surface area contributed by atoms with Crippen molar-refractivity contribution in [2.45, 2.75) is 4.90 Å². The lowest BCUT2D eigenvalue weighted by Crippen LogP contribution is -1.84. The molecule has 0 heterocycles. The zero-order chi connectivity index (χ0) is 10.7. The van der Waals surface area contributed by atoms with Crippen molar-refractivity contribution in [1.82, 2.24) is 0 Å². The van der Waals surface area contributed by atoms with Crippen LogP contribution in [0.3, 0.4) is 0 Å². The fraction of sp³-hybridized carbons (Fsp3) is 0.0769. The molecule has 2 heteroatoms. The largest absolute Gasteiger partial charge is 0.399 e. The van der Waals surface area contributed by atoms with E-state index in [1.165, 1.54) is 16.0 Å². The summed E-state index contributed by atoms with van der Waals surface area (Å²) in [4.78, 5) is 1.28. The van der Waals surface area contributed by atoms with Crippen molar-refractivity contribution in [3.63, 3.8) is 0 Å². The lowest BCUT2D eigenvalue weighted by Gasteiger charge is -2.03. The lowest BCUT2D eigenvalue weighted by molar-refractivity contribution is 1.46. The van der Waals surface area contributed by atoms with E-state index in [-0.39, 0.29) is 0 Å². The topological polar surface area (TPSA) is 26.0 Å². The van der Waals surface area contributed by atoms with Gasteiger partial charge in [-0.3, -0.25) is 0 Å². The van der Waals surface area contributed by atoms with E-state index in [9.17, 15) is 0 Å². The van der Waals surface area contributed by atoms with Crippen molar-refractivity contribution < 1.29 is 0 Å². The fourth-order valence-electron chi connectivity index (χ4n) is 1.50. The van der Waals surface area contributed by atoms with Gasteiger partial charge in [-0.15, -0.1) is 11.8 Å². The average molecular weight is 215 g/mol. The van der Waals surface area contributed by atoms with Crippen LogP contribution in [-0.4, -0.2) is 6.26 Å². The first kappa shape index (κ1) is 10.1. The van der Waals surface area contributed by atoms with Crippen LogP contribution in [0.2, 0.25) is 0 Å². The molecule has 0 fully saturated rings. The van der Waals surface area contributed by atoms with Crippen LogP contribution in [0, 0.1) is 0 Å². The molecule has 1 nitrogen and oxygen atoms in total. The van der Waals surface area contributed by atoms with Crippen molar-refractivity contribution in [1.29, 1.82) is 0 Å². The van der Waals surface area contributed by atoms with Crippen LogP contribution in [0.1, 0.15) is 0 Å². The van der Waals surface area contributed by atoms with Gasteiger partial charge < -0.3 is 5.73 Å². The molecule has 0 aliphatic rings.